The highest BCUT2D eigenvalue weighted by Gasteiger charge is 2.28. The Hall–Kier alpha value is -1.39. The Kier molecular flexibility index (Phi) is 2.94. The molecule has 0 aliphatic heterocycles. The van der Waals surface area contributed by atoms with Crippen LogP contribution in [0.4, 0.5) is 0 Å². The number of carbonyl (C=O) groups excluding carboxylic acids is 1. The first-order valence-corrected chi connectivity index (χ1v) is 5.37. The summed E-state index contributed by atoms with van der Waals surface area (Å²) in [5, 5.41) is 9.61. The first-order valence-electron chi connectivity index (χ1n) is 5.37. The van der Waals surface area contributed by atoms with E-state index in [-0.39, 0.29) is 12.0 Å². The molecule has 0 spiro atoms. The lowest BCUT2D eigenvalue weighted by molar-refractivity contribution is 0.0526. The molecule has 1 aliphatic rings. The molecule has 0 heterocycles. The molecule has 2 rings (SSSR count). The number of aliphatic hydroxyl groups excluding tert-OH is 1. The maximum absolute atomic E-state index is 11.5. The molecular weight excluding hydrogens is 206 g/mol. The molecule has 1 aromatic carbocycles. The Balaban J connectivity index is 2.28. The number of hydrogen-bond acceptors (Lipinski definition) is 4. The van der Waals surface area contributed by atoms with Gasteiger partial charge in [0.15, 0.2) is 0 Å². The number of aliphatic hydroxyl groups is 1. The summed E-state index contributed by atoms with van der Waals surface area (Å²) in [4.78, 5) is 11.5. The maximum atomic E-state index is 11.5. The van der Waals surface area contributed by atoms with Crippen LogP contribution in [0.25, 0.3) is 0 Å². The predicted molar refractivity (Wildman–Crippen MR) is 59.0 cm³/mol. The Labute approximate surface area is 94.0 Å². The Morgan fingerprint density at radius 3 is 3.06 bits per heavy atom. The molecule has 0 radical (unpaired) electrons. The molecular formula is C12H15NO3. The average molecular weight is 221 g/mol. The van der Waals surface area contributed by atoms with Crippen LogP contribution in [-0.4, -0.2) is 23.8 Å². The van der Waals surface area contributed by atoms with Crippen molar-refractivity contribution in [3.63, 3.8) is 0 Å². The zero-order valence-electron chi connectivity index (χ0n) is 9.14. The van der Waals surface area contributed by atoms with Crippen LogP contribution in [0.2, 0.25) is 0 Å². The van der Waals surface area contributed by atoms with Crippen LogP contribution < -0.4 is 5.73 Å². The SMILES string of the molecule is CCOC(=O)c1ccc2c(c1)C[C@@H](O)C2N. The van der Waals surface area contributed by atoms with Crippen molar-refractivity contribution in [1.82, 2.24) is 0 Å². The van der Waals surface area contributed by atoms with Crippen LogP contribution in [0.1, 0.15) is 34.5 Å². The van der Waals surface area contributed by atoms with Crippen molar-refractivity contribution in [1.29, 1.82) is 0 Å². The second kappa shape index (κ2) is 4.23. The second-order valence-corrected chi connectivity index (χ2v) is 3.93. The van der Waals surface area contributed by atoms with Gasteiger partial charge in [0.1, 0.15) is 0 Å². The fourth-order valence-electron chi connectivity index (χ4n) is 2.01. The molecule has 1 unspecified atom stereocenters. The van der Waals surface area contributed by atoms with Crippen LogP contribution in [0, 0.1) is 0 Å². The lowest BCUT2D eigenvalue weighted by Gasteiger charge is -2.08. The van der Waals surface area contributed by atoms with Crippen LogP contribution in [0.5, 0.6) is 0 Å². The van der Waals surface area contributed by atoms with Gasteiger partial charge in [-0.3, -0.25) is 0 Å². The summed E-state index contributed by atoms with van der Waals surface area (Å²) in [5.41, 5.74) is 8.18. The second-order valence-electron chi connectivity index (χ2n) is 3.93. The van der Waals surface area contributed by atoms with Crippen molar-refractivity contribution in [2.24, 2.45) is 5.73 Å². The molecule has 0 amide bonds. The molecule has 3 N–H and O–H groups in total. The Morgan fingerprint density at radius 2 is 2.38 bits per heavy atom. The fourth-order valence-corrected chi connectivity index (χ4v) is 2.01. The Bertz CT molecular complexity index is 417. The molecule has 0 saturated carbocycles. The van der Waals surface area contributed by atoms with Gasteiger partial charge in [-0.05, 0) is 30.2 Å². The number of nitrogens with two attached hydrogens (primary N) is 1. The number of rotatable bonds is 2. The van der Waals surface area contributed by atoms with Crippen molar-refractivity contribution in [3.8, 4) is 0 Å². The topological polar surface area (TPSA) is 72.5 Å². The lowest BCUT2D eigenvalue weighted by Crippen LogP contribution is -2.21. The van der Waals surface area contributed by atoms with E-state index >= 15 is 0 Å². The molecule has 0 aromatic heterocycles. The summed E-state index contributed by atoms with van der Waals surface area (Å²) in [6, 6.07) is 4.90. The Morgan fingerprint density at radius 1 is 1.62 bits per heavy atom. The van der Waals surface area contributed by atoms with Crippen LogP contribution in [-0.2, 0) is 11.2 Å². The van der Waals surface area contributed by atoms with Crippen LogP contribution in [0.15, 0.2) is 18.2 Å². The lowest BCUT2D eigenvalue weighted by atomic mass is 10.1. The largest absolute Gasteiger partial charge is 0.462 e. The third-order valence-corrected chi connectivity index (χ3v) is 2.86. The molecule has 0 bridgehead atoms. The summed E-state index contributed by atoms with van der Waals surface area (Å²) in [6.45, 7) is 2.13. The number of benzene rings is 1. The zero-order valence-corrected chi connectivity index (χ0v) is 9.14. The fraction of sp³-hybridized carbons (Fsp3) is 0.417. The third-order valence-electron chi connectivity index (χ3n) is 2.86. The molecule has 86 valence electrons. The highest BCUT2D eigenvalue weighted by Crippen LogP contribution is 2.30. The molecule has 0 saturated heterocycles. The zero-order chi connectivity index (χ0) is 11.7. The highest BCUT2D eigenvalue weighted by atomic mass is 16.5. The molecule has 1 aromatic rings. The smallest absolute Gasteiger partial charge is 0.338 e. The molecule has 2 atom stereocenters. The highest BCUT2D eigenvalue weighted by molar-refractivity contribution is 5.89. The predicted octanol–water partition coefficient (Wildman–Crippen LogP) is 0.780. The van der Waals surface area contributed by atoms with E-state index in [2.05, 4.69) is 0 Å². The van der Waals surface area contributed by atoms with Crippen molar-refractivity contribution in [2.45, 2.75) is 25.5 Å². The number of carbonyl (C=O) groups is 1. The summed E-state index contributed by atoms with van der Waals surface area (Å²) in [5.74, 6) is -0.333. The van der Waals surface area contributed by atoms with Crippen molar-refractivity contribution < 1.29 is 14.6 Å². The summed E-state index contributed by atoms with van der Waals surface area (Å²) < 4.78 is 4.91. The number of esters is 1. The normalized spacial score (nSPS) is 22.9. The standard InChI is InChI=1S/C12H15NO3/c1-2-16-12(15)7-3-4-9-8(5-7)6-10(14)11(9)13/h3-5,10-11,14H,2,6,13H2,1H3/t10-,11?/m1/s1. The van der Waals surface area contributed by atoms with E-state index in [1.54, 1.807) is 25.1 Å². The number of fused-ring (bicyclic) bond motifs is 1. The number of ether oxygens (including phenoxy) is 1. The summed E-state index contributed by atoms with van der Waals surface area (Å²) >= 11 is 0. The van der Waals surface area contributed by atoms with E-state index in [4.69, 9.17) is 10.5 Å². The van der Waals surface area contributed by atoms with Gasteiger partial charge in [0, 0.05) is 6.42 Å². The van der Waals surface area contributed by atoms with Gasteiger partial charge in [0.2, 0.25) is 0 Å². The monoisotopic (exact) mass is 221 g/mol. The van der Waals surface area contributed by atoms with Gasteiger partial charge in [0.25, 0.3) is 0 Å². The average Bonchev–Trinajstić information content (AvgIpc) is 2.55. The van der Waals surface area contributed by atoms with E-state index in [9.17, 15) is 9.90 Å². The van der Waals surface area contributed by atoms with Crippen molar-refractivity contribution in [2.75, 3.05) is 6.61 Å². The van der Waals surface area contributed by atoms with E-state index in [1.165, 1.54) is 0 Å². The van der Waals surface area contributed by atoms with E-state index in [0.29, 0.717) is 18.6 Å². The first kappa shape index (κ1) is 11.1. The van der Waals surface area contributed by atoms with Crippen LogP contribution in [0.3, 0.4) is 0 Å². The van der Waals surface area contributed by atoms with Gasteiger partial charge in [-0.1, -0.05) is 6.07 Å². The van der Waals surface area contributed by atoms with Crippen LogP contribution >= 0.6 is 0 Å². The minimum Gasteiger partial charge on any atom is -0.462 e. The van der Waals surface area contributed by atoms with E-state index in [1.807, 2.05) is 0 Å². The minimum atomic E-state index is -0.549. The molecule has 4 nitrogen and oxygen atoms in total. The summed E-state index contributed by atoms with van der Waals surface area (Å²) in [6.07, 6.45) is -0.0449. The molecule has 16 heavy (non-hydrogen) atoms. The van der Waals surface area contributed by atoms with Gasteiger partial charge in [-0.15, -0.1) is 0 Å². The van der Waals surface area contributed by atoms with Gasteiger partial charge in [-0.2, -0.15) is 0 Å². The number of hydrogen-bond donors (Lipinski definition) is 2. The molecule has 1 aliphatic carbocycles. The molecule has 0 fully saturated rings. The molecule has 4 heteroatoms. The first-order chi connectivity index (χ1) is 7.63. The minimum absolute atomic E-state index is 0.333. The van der Waals surface area contributed by atoms with Gasteiger partial charge < -0.3 is 15.6 Å². The maximum Gasteiger partial charge on any atom is 0.338 e. The third kappa shape index (κ3) is 1.81. The van der Waals surface area contributed by atoms with Gasteiger partial charge in [-0.25, -0.2) is 4.79 Å². The van der Waals surface area contributed by atoms with Gasteiger partial charge in [0.05, 0.1) is 24.3 Å². The van der Waals surface area contributed by atoms with E-state index < -0.39 is 6.10 Å². The van der Waals surface area contributed by atoms with Crippen molar-refractivity contribution in [3.05, 3.63) is 34.9 Å². The van der Waals surface area contributed by atoms with Gasteiger partial charge >= 0.3 is 5.97 Å². The quantitative estimate of drug-likeness (QED) is 0.724. The summed E-state index contributed by atoms with van der Waals surface area (Å²) in [7, 11) is 0. The van der Waals surface area contributed by atoms with E-state index in [0.717, 1.165) is 11.1 Å². The van der Waals surface area contributed by atoms with Crippen molar-refractivity contribution >= 4 is 5.97 Å².